The fourth-order valence-electron chi connectivity index (χ4n) is 2.13. The van der Waals surface area contributed by atoms with Crippen molar-refractivity contribution in [3.63, 3.8) is 0 Å². The molecule has 1 atom stereocenters. The van der Waals surface area contributed by atoms with Gasteiger partial charge >= 0.3 is 0 Å². The van der Waals surface area contributed by atoms with Gasteiger partial charge in [0.05, 0.1) is 17.7 Å². The van der Waals surface area contributed by atoms with Gasteiger partial charge in [-0.15, -0.1) is 0 Å². The number of carbonyl (C=O) groups is 2. The average Bonchev–Trinajstić information content (AvgIpc) is 2.88. The molecule has 7 heteroatoms. The molecule has 0 aliphatic heterocycles. The molecule has 0 spiro atoms. The van der Waals surface area contributed by atoms with Gasteiger partial charge in [-0.25, -0.2) is 0 Å². The van der Waals surface area contributed by atoms with E-state index in [1.54, 1.807) is 30.2 Å². The summed E-state index contributed by atoms with van der Waals surface area (Å²) in [5.41, 5.74) is 7.67. The van der Waals surface area contributed by atoms with E-state index in [9.17, 15) is 9.59 Å². The number of nitrogens with one attached hydrogen (secondary N) is 1. The summed E-state index contributed by atoms with van der Waals surface area (Å²) >= 11 is 0. The van der Waals surface area contributed by atoms with Crippen molar-refractivity contribution in [2.45, 2.75) is 13.3 Å². The summed E-state index contributed by atoms with van der Waals surface area (Å²) in [6.45, 7) is 2.04. The van der Waals surface area contributed by atoms with E-state index in [2.05, 4.69) is 15.4 Å². The zero-order valence-corrected chi connectivity index (χ0v) is 12.6. The highest BCUT2D eigenvalue weighted by Gasteiger charge is 2.18. The molecule has 2 rings (SSSR count). The highest BCUT2D eigenvalue weighted by molar-refractivity contribution is 5.94. The smallest absolute Gasteiger partial charge is 0.252 e. The molecule has 0 unspecified atom stereocenters. The van der Waals surface area contributed by atoms with Gasteiger partial charge in [0.25, 0.3) is 5.91 Å². The van der Waals surface area contributed by atoms with Crippen LogP contribution < -0.4 is 11.1 Å². The Labute approximate surface area is 128 Å². The summed E-state index contributed by atoms with van der Waals surface area (Å²) in [4.78, 5) is 27.6. The molecule has 2 heterocycles. The van der Waals surface area contributed by atoms with Crippen LogP contribution in [0.5, 0.6) is 0 Å². The number of aryl methyl sites for hydroxylation is 2. The van der Waals surface area contributed by atoms with Gasteiger partial charge in [0.2, 0.25) is 5.91 Å². The maximum absolute atomic E-state index is 12.1. The number of hydrogen-bond donors (Lipinski definition) is 2. The van der Waals surface area contributed by atoms with Crippen LogP contribution in [0.1, 0.15) is 21.5 Å². The quantitative estimate of drug-likeness (QED) is 0.795. The first-order valence-electron chi connectivity index (χ1n) is 6.92. The number of nitrogens with two attached hydrogens (primary N) is 1. The second-order valence-corrected chi connectivity index (χ2v) is 5.29. The van der Waals surface area contributed by atoms with Crippen LogP contribution in [0.4, 0.5) is 0 Å². The van der Waals surface area contributed by atoms with Crippen molar-refractivity contribution in [3.8, 4) is 0 Å². The summed E-state index contributed by atoms with van der Waals surface area (Å²) in [6, 6.07) is 1.74. The maximum atomic E-state index is 12.1. The molecule has 0 saturated heterocycles. The third-order valence-electron chi connectivity index (χ3n) is 3.29. The van der Waals surface area contributed by atoms with Gasteiger partial charge in [0, 0.05) is 32.2 Å². The molecule has 2 amide bonds. The standard InChI is InChI=1S/C15H19N5O2/c1-10-3-13(7-17-5-10)15(22)18-8-12(14(16)21)4-11-6-19-20(2)9-11/h3,5-7,9,12H,4,8H2,1-2H3,(H2,16,21)(H,18,22)/t12-/m0/s1. The Morgan fingerprint density at radius 2 is 2.14 bits per heavy atom. The second kappa shape index (κ2) is 6.84. The van der Waals surface area contributed by atoms with Gasteiger partial charge in [-0.2, -0.15) is 5.10 Å². The summed E-state index contributed by atoms with van der Waals surface area (Å²) in [5.74, 6) is -1.20. The van der Waals surface area contributed by atoms with Crippen LogP contribution in [0.2, 0.25) is 0 Å². The lowest BCUT2D eigenvalue weighted by Crippen LogP contribution is -2.37. The van der Waals surface area contributed by atoms with Crippen molar-refractivity contribution in [2.75, 3.05) is 6.54 Å². The first kappa shape index (κ1) is 15.7. The van der Waals surface area contributed by atoms with E-state index in [-0.39, 0.29) is 12.5 Å². The van der Waals surface area contributed by atoms with Crippen LogP contribution in [0.15, 0.2) is 30.9 Å². The van der Waals surface area contributed by atoms with Gasteiger partial charge in [-0.05, 0) is 30.5 Å². The van der Waals surface area contributed by atoms with E-state index in [4.69, 9.17) is 5.73 Å². The van der Waals surface area contributed by atoms with Gasteiger partial charge < -0.3 is 11.1 Å². The maximum Gasteiger partial charge on any atom is 0.252 e. The SMILES string of the molecule is Cc1cncc(C(=O)NC[C@H](Cc2cnn(C)c2)C(N)=O)c1. The Morgan fingerprint density at radius 3 is 2.73 bits per heavy atom. The monoisotopic (exact) mass is 301 g/mol. The van der Waals surface area contributed by atoms with Crippen molar-refractivity contribution < 1.29 is 9.59 Å². The van der Waals surface area contributed by atoms with Gasteiger partial charge in [0.15, 0.2) is 0 Å². The number of aromatic nitrogens is 3. The van der Waals surface area contributed by atoms with Crippen LogP contribution in [0.3, 0.4) is 0 Å². The van der Waals surface area contributed by atoms with Crippen LogP contribution in [0.25, 0.3) is 0 Å². The molecule has 0 saturated carbocycles. The molecule has 0 aliphatic rings. The molecule has 0 bridgehead atoms. The van der Waals surface area contributed by atoms with E-state index in [1.807, 2.05) is 13.1 Å². The number of primary amides is 1. The van der Waals surface area contributed by atoms with Crippen LogP contribution in [-0.4, -0.2) is 33.1 Å². The largest absolute Gasteiger partial charge is 0.369 e. The van der Waals surface area contributed by atoms with E-state index < -0.39 is 11.8 Å². The van der Waals surface area contributed by atoms with E-state index >= 15 is 0 Å². The summed E-state index contributed by atoms with van der Waals surface area (Å²) in [5, 5.41) is 6.78. The third kappa shape index (κ3) is 4.15. The third-order valence-corrected chi connectivity index (χ3v) is 3.29. The van der Waals surface area contributed by atoms with Crippen molar-refractivity contribution >= 4 is 11.8 Å². The minimum absolute atomic E-state index is 0.178. The number of nitrogens with zero attached hydrogens (tertiary/aromatic N) is 3. The van der Waals surface area contributed by atoms with E-state index in [0.717, 1.165) is 11.1 Å². The second-order valence-electron chi connectivity index (χ2n) is 5.29. The van der Waals surface area contributed by atoms with E-state index in [1.165, 1.54) is 6.20 Å². The Hall–Kier alpha value is -2.70. The molecular weight excluding hydrogens is 282 g/mol. The predicted octanol–water partition coefficient (Wildman–Crippen LogP) is 0.198. The van der Waals surface area contributed by atoms with Crippen molar-refractivity contribution in [1.29, 1.82) is 0 Å². The van der Waals surface area contributed by atoms with Gasteiger partial charge in [0.1, 0.15) is 0 Å². The molecule has 7 nitrogen and oxygen atoms in total. The molecule has 0 fully saturated rings. The molecular formula is C15H19N5O2. The minimum atomic E-state index is -0.481. The summed E-state index contributed by atoms with van der Waals surface area (Å²) in [7, 11) is 1.80. The number of hydrogen-bond acceptors (Lipinski definition) is 4. The van der Waals surface area contributed by atoms with E-state index in [0.29, 0.717) is 12.0 Å². The summed E-state index contributed by atoms with van der Waals surface area (Å²) < 4.78 is 1.66. The Morgan fingerprint density at radius 1 is 1.36 bits per heavy atom. The van der Waals surface area contributed by atoms with Crippen LogP contribution >= 0.6 is 0 Å². The predicted molar refractivity (Wildman–Crippen MR) is 80.9 cm³/mol. The lowest BCUT2D eigenvalue weighted by atomic mass is 10.0. The normalized spacial score (nSPS) is 11.9. The number of carbonyl (C=O) groups excluding carboxylic acids is 2. The average molecular weight is 301 g/mol. The van der Waals surface area contributed by atoms with Gasteiger partial charge in [-0.1, -0.05) is 0 Å². The number of rotatable bonds is 6. The Kier molecular flexibility index (Phi) is 4.88. The lowest BCUT2D eigenvalue weighted by molar-refractivity contribution is -0.121. The zero-order valence-electron chi connectivity index (χ0n) is 12.6. The topological polar surface area (TPSA) is 103 Å². The lowest BCUT2D eigenvalue weighted by Gasteiger charge is -2.13. The fraction of sp³-hybridized carbons (Fsp3) is 0.333. The highest BCUT2D eigenvalue weighted by atomic mass is 16.2. The molecule has 2 aromatic rings. The molecule has 3 N–H and O–H groups in total. The highest BCUT2D eigenvalue weighted by Crippen LogP contribution is 2.08. The Balaban J connectivity index is 1.97. The molecule has 22 heavy (non-hydrogen) atoms. The molecule has 116 valence electrons. The van der Waals surface area contributed by atoms with Crippen molar-refractivity contribution in [1.82, 2.24) is 20.1 Å². The zero-order chi connectivity index (χ0) is 16.1. The first-order chi connectivity index (χ1) is 10.5. The molecule has 0 radical (unpaired) electrons. The van der Waals surface area contributed by atoms with Crippen molar-refractivity contribution in [2.24, 2.45) is 18.7 Å². The number of pyridine rings is 1. The summed E-state index contributed by atoms with van der Waals surface area (Å²) in [6.07, 6.45) is 7.11. The molecule has 2 aromatic heterocycles. The van der Waals surface area contributed by atoms with Gasteiger partial charge in [-0.3, -0.25) is 19.3 Å². The first-order valence-corrected chi connectivity index (χ1v) is 6.92. The minimum Gasteiger partial charge on any atom is -0.369 e. The Bertz CT molecular complexity index is 680. The fourth-order valence-corrected chi connectivity index (χ4v) is 2.13. The molecule has 0 aromatic carbocycles. The number of amides is 2. The molecule has 0 aliphatic carbocycles. The van der Waals surface area contributed by atoms with Crippen LogP contribution in [0, 0.1) is 12.8 Å². The van der Waals surface area contributed by atoms with Crippen LogP contribution in [-0.2, 0) is 18.3 Å². The van der Waals surface area contributed by atoms with Crippen molar-refractivity contribution in [3.05, 3.63) is 47.5 Å².